The Balaban J connectivity index is 2.36. The van der Waals surface area contributed by atoms with Gasteiger partial charge in [0.2, 0.25) is 0 Å². The Labute approximate surface area is 107 Å². The zero-order valence-electron chi connectivity index (χ0n) is 10.3. The highest BCUT2D eigenvalue weighted by molar-refractivity contribution is 5.98. The molecule has 0 heterocycles. The largest absolute Gasteiger partial charge is 0.481 e. The maximum absolute atomic E-state index is 11.6. The molecule has 0 aromatic rings. The van der Waals surface area contributed by atoms with E-state index in [-0.39, 0.29) is 18.1 Å². The SMILES string of the molecule is C=CC=C1C=CC(=O)C1CC=CCCCC(=O)O. The third-order valence-corrected chi connectivity index (χ3v) is 2.80. The number of carbonyl (C=O) groups excluding carboxylic acids is 1. The van der Waals surface area contributed by atoms with Crippen molar-refractivity contribution in [2.75, 3.05) is 0 Å². The van der Waals surface area contributed by atoms with Gasteiger partial charge in [-0.2, -0.15) is 0 Å². The normalized spacial score (nSPS) is 21.0. The van der Waals surface area contributed by atoms with Crippen LogP contribution < -0.4 is 0 Å². The van der Waals surface area contributed by atoms with E-state index in [0.29, 0.717) is 12.8 Å². The minimum absolute atomic E-state index is 0.0984. The summed E-state index contributed by atoms with van der Waals surface area (Å²) in [6.45, 7) is 3.63. The highest BCUT2D eigenvalue weighted by Crippen LogP contribution is 2.25. The second kappa shape index (κ2) is 7.43. The molecule has 3 nitrogen and oxygen atoms in total. The molecule has 0 radical (unpaired) electrons. The van der Waals surface area contributed by atoms with E-state index in [2.05, 4.69) is 6.58 Å². The van der Waals surface area contributed by atoms with Crippen LogP contribution in [0.4, 0.5) is 0 Å². The first kappa shape index (κ1) is 14.2. The van der Waals surface area contributed by atoms with Crippen LogP contribution >= 0.6 is 0 Å². The fourth-order valence-electron chi connectivity index (χ4n) is 1.86. The first-order valence-electron chi connectivity index (χ1n) is 6.06. The maximum Gasteiger partial charge on any atom is 0.303 e. The van der Waals surface area contributed by atoms with Crippen LogP contribution in [-0.2, 0) is 9.59 Å². The first-order chi connectivity index (χ1) is 8.65. The second-order valence-electron chi connectivity index (χ2n) is 4.18. The molecule has 1 unspecified atom stereocenters. The number of carboxylic acid groups (broad SMARTS) is 1. The van der Waals surface area contributed by atoms with E-state index >= 15 is 0 Å². The number of aliphatic carboxylic acids is 1. The Kier molecular flexibility index (Phi) is 5.85. The molecule has 0 fully saturated rings. The van der Waals surface area contributed by atoms with Crippen molar-refractivity contribution in [2.45, 2.75) is 25.7 Å². The molecule has 0 saturated carbocycles. The van der Waals surface area contributed by atoms with Gasteiger partial charge in [-0.15, -0.1) is 0 Å². The van der Waals surface area contributed by atoms with Crippen molar-refractivity contribution in [1.82, 2.24) is 0 Å². The molecule has 1 aliphatic rings. The third-order valence-electron chi connectivity index (χ3n) is 2.80. The van der Waals surface area contributed by atoms with Gasteiger partial charge in [0, 0.05) is 6.42 Å². The number of rotatable bonds is 7. The summed E-state index contributed by atoms with van der Waals surface area (Å²) in [4.78, 5) is 21.9. The van der Waals surface area contributed by atoms with Crippen LogP contribution in [0.5, 0.6) is 0 Å². The molecule has 3 heteroatoms. The van der Waals surface area contributed by atoms with Crippen molar-refractivity contribution >= 4 is 11.8 Å². The summed E-state index contributed by atoms with van der Waals surface area (Å²) in [5.41, 5.74) is 0.991. The molecule has 96 valence electrons. The molecule has 1 N–H and O–H groups in total. The lowest BCUT2D eigenvalue weighted by atomic mass is 9.96. The minimum Gasteiger partial charge on any atom is -0.481 e. The number of hydrogen-bond donors (Lipinski definition) is 1. The fraction of sp³-hybridized carbons (Fsp3) is 0.333. The third kappa shape index (κ3) is 4.53. The van der Waals surface area contributed by atoms with Crippen molar-refractivity contribution in [1.29, 1.82) is 0 Å². The standard InChI is InChI=1S/C15H18O3/c1-2-7-12-10-11-14(16)13(12)8-5-3-4-6-9-15(17)18/h2-3,5,7,10-11,13H,1,4,6,8-9H2,(H,17,18). The van der Waals surface area contributed by atoms with Crippen LogP contribution in [0.15, 0.2) is 48.6 Å². The van der Waals surface area contributed by atoms with E-state index in [9.17, 15) is 9.59 Å². The van der Waals surface area contributed by atoms with Crippen LogP contribution in [0.3, 0.4) is 0 Å². The first-order valence-corrected chi connectivity index (χ1v) is 6.06. The molecule has 1 aliphatic carbocycles. The smallest absolute Gasteiger partial charge is 0.303 e. The highest BCUT2D eigenvalue weighted by Gasteiger charge is 2.22. The van der Waals surface area contributed by atoms with Crippen molar-refractivity contribution in [2.24, 2.45) is 5.92 Å². The van der Waals surface area contributed by atoms with Gasteiger partial charge in [-0.3, -0.25) is 9.59 Å². The van der Waals surface area contributed by atoms with Crippen LogP contribution in [0.2, 0.25) is 0 Å². The molecule has 0 amide bonds. The average Bonchev–Trinajstić information content (AvgIpc) is 2.66. The molecular weight excluding hydrogens is 228 g/mol. The van der Waals surface area contributed by atoms with Crippen molar-refractivity contribution in [3.63, 3.8) is 0 Å². The number of ketones is 1. The summed E-state index contributed by atoms with van der Waals surface area (Å²) in [6.07, 6.45) is 13.1. The minimum atomic E-state index is -0.769. The zero-order chi connectivity index (χ0) is 13.4. The lowest BCUT2D eigenvalue weighted by Gasteiger charge is -2.06. The van der Waals surface area contributed by atoms with Gasteiger partial charge in [0.05, 0.1) is 5.92 Å². The molecule has 1 atom stereocenters. The van der Waals surface area contributed by atoms with Gasteiger partial charge in [0.1, 0.15) is 0 Å². The Bertz CT molecular complexity index is 413. The topological polar surface area (TPSA) is 54.4 Å². The van der Waals surface area contributed by atoms with E-state index in [0.717, 1.165) is 12.0 Å². The maximum atomic E-state index is 11.6. The van der Waals surface area contributed by atoms with Crippen molar-refractivity contribution in [3.8, 4) is 0 Å². The molecule has 18 heavy (non-hydrogen) atoms. The monoisotopic (exact) mass is 246 g/mol. The van der Waals surface area contributed by atoms with E-state index in [1.165, 1.54) is 0 Å². The van der Waals surface area contributed by atoms with Gasteiger partial charge in [-0.05, 0) is 30.9 Å². The Hall–Kier alpha value is -1.90. The van der Waals surface area contributed by atoms with Gasteiger partial charge in [-0.25, -0.2) is 0 Å². The van der Waals surface area contributed by atoms with E-state index in [1.807, 2.05) is 24.3 Å². The molecule has 0 bridgehead atoms. The molecule has 1 rings (SSSR count). The molecule has 0 aromatic carbocycles. The van der Waals surface area contributed by atoms with Crippen LogP contribution in [0, 0.1) is 5.92 Å². The van der Waals surface area contributed by atoms with Crippen LogP contribution in [-0.4, -0.2) is 16.9 Å². The number of unbranched alkanes of at least 4 members (excludes halogenated alkanes) is 1. The summed E-state index contributed by atoms with van der Waals surface area (Å²) < 4.78 is 0. The van der Waals surface area contributed by atoms with Crippen LogP contribution in [0.25, 0.3) is 0 Å². The fourth-order valence-corrected chi connectivity index (χ4v) is 1.86. The number of allylic oxidation sites excluding steroid dienone is 7. The lowest BCUT2D eigenvalue weighted by Crippen LogP contribution is -2.07. The predicted octanol–water partition coefficient (Wildman–Crippen LogP) is 3.06. The Morgan fingerprint density at radius 1 is 1.39 bits per heavy atom. The van der Waals surface area contributed by atoms with Crippen molar-refractivity contribution in [3.05, 3.63) is 48.6 Å². The van der Waals surface area contributed by atoms with Gasteiger partial charge in [0.15, 0.2) is 5.78 Å². The van der Waals surface area contributed by atoms with E-state index < -0.39 is 5.97 Å². The number of hydrogen-bond acceptors (Lipinski definition) is 2. The molecule has 0 saturated heterocycles. The van der Waals surface area contributed by atoms with Gasteiger partial charge >= 0.3 is 5.97 Å². The molecular formula is C15H18O3. The van der Waals surface area contributed by atoms with Gasteiger partial charge < -0.3 is 5.11 Å². The summed E-state index contributed by atoms with van der Waals surface area (Å²) in [5.74, 6) is -0.744. The number of carboxylic acids is 1. The molecule has 0 spiro atoms. The molecule has 0 aliphatic heterocycles. The van der Waals surface area contributed by atoms with Gasteiger partial charge in [0.25, 0.3) is 0 Å². The van der Waals surface area contributed by atoms with Gasteiger partial charge in [-0.1, -0.05) is 37.0 Å². The predicted molar refractivity (Wildman–Crippen MR) is 71.2 cm³/mol. The average molecular weight is 246 g/mol. The zero-order valence-corrected chi connectivity index (χ0v) is 10.3. The highest BCUT2D eigenvalue weighted by atomic mass is 16.4. The molecule has 0 aromatic heterocycles. The Morgan fingerprint density at radius 2 is 2.17 bits per heavy atom. The summed E-state index contributed by atoms with van der Waals surface area (Å²) >= 11 is 0. The van der Waals surface area contributed by atoms with Crippen LogP contribution in [0.1, 0.15) is 25.7 Å². The number of carbonyl (C=O) groups is 2. The van der Waals surface area contributed by atoms with Crippen molar-refractivity contribution < 1.29 is 14.7 Å². The van der Waals surface area contributed by atoms with E-state index in [1.54, 1.807) is 12.2 Å². The second-order valence-corrected chi connectivity index (χ2v) is 4.18. The summed E-state index contributed by atoms with van der Waals surface area (Å²) in [7, 11) is 0. The van der Waals surface area contributed by atoms with E-state index in [4.69, 9.17) is 5.11 Å². The Morgan fingerprint density at radius 3 is 2.83 bits per heavy atom. The lowest BCUT2D eigenvalue weighted by molar-refractivity contribution is -0.137. The summed E-state index contributed by atoms with van der Waals surface area (Å²) in [5, 5.41) is 8.48. The summed E-state index contributed by atoms with van der Waals surface area (Å²) in [6, 6.07) is 0. The quantitative estimate of drug-likeness (QED) is 0.555.